The minimum Gasteiger partial charge on any atom is -0.351 e. The van der Waals surface area contributed by atoms with Crippen molar-refractivity contribution in [3.63, 3.8) is 0 Å². The molecule has 0 bridgehead atoms. The Kier molecular flexibility index (Phi) is 3.62. The van der Waals surface area contributed by atoms with E-state index in [9.17, 15) is 4.79 Å². The SMILES string of the molecule is Cc1nsc(NCC(=O)NC(C)(C)C)n1. The smallest absolute Gasteiger partial charge is 0.239 e. The van der Waals surface area contributed by atoms with E-state index in [1.54, 1.807) is 0 Å². The molecule has 1 aromatic heterocycles. The second-order valence-electron chi connectivity index (χ2n) is 4.30. The minimum atomic E-state index is -0.199. The van der Waals surface area contributed by atoms with Crippen LogP contribution in [0.1, 0.15) is 26.6 Å². The van der Waals surface area contributed by atoms with Crippen molar-refractivity contribution in [2.75, 3.05) is 11.9 Å². The maximum atomic E-state index is 11.4. The summed E-state index contributed by atoms with van der Waals surface area (Å²) in [6, 6.07) is 0. The van der Waals surface area contributed by atoms with Crippen LogP contribution in [0.25, 0.3) is 0 Å². The molecule has 0 fully saturated rings. The lowest BCUT2D eigenvalue weighted by molar-refractivity contribution is -0.120. The number of carbonyl (C=O) groups excluding carboxylic acids is 1. The molecule has 0 unspecified atom stereocenters. The lowest BCUT2D eigenvalue weighted by Gasteiger charge is -2.20. The highest BCUT2D eigenvalue weighted by molar-refractivity contribution is 7.09. The Balaban J connectivity index is 2.35. The van der Waals surface area contributed by atoms with Crippen LogP contribution in [-0.4, -0.2) is 27.3 Å². The lowest BCUT2D eigenvalue weighted by Crippen LogP contribution is -2.43. The van der Waals surface area contributed by atoms with E-state index in [2.05, 4.69) is 20.0 Å². The summed E-state index contributed by atoms with van der Waals surface area (Å²) in [6.07, 6.45) is 0. The fraction of sp³-hybridized carbons (Fsp3) is 0.667. The van der Waals surface area contributed by atoms with Gasteiger partial charge in [-0.1, -0.05) is 0 Å². The third-order valence-electron chi connectivity index (χ3n) is 1.44. The highest BCUT2D eigenvalue weighted by Gasteiger charge is 2.13. The average molecular weight is 228 g/mol. The van der Waals surface area contributed by atoms with Crippen LogP contribution in [0.5, 0.6) is 0 Å². The summed E-state index contributed by atoms with van der Waals surface area (Å²) in [5.41, 5.74) is -0.199. The van der Waals surface area contributed by atoms with Crippen LogP contribution in [0.3, 0.4) is 0 Å². The third-order valence-corrected chi connectivity index (χ3v) is 2.21. The lowest BCUT2D eigenvalue weighted by atomic mass is 10.1. The largest absolute Gasteiger partial charge is 0.351 e. The van der Waals surface area contributed by atoms with Crippen molar-refractivity contribution < 1.29 is 4.79 Å². The molecule has 2 N–H and O–H groups in total. The monoisotopic (exact) mass is 228 g/mol. The molecule has 1 heterocycles. The van der Waals surface area contributed by atoms with Crippen molar-refractivity contribution in [1.29, 1.82) is 0 Å². The van der Waals surface area contributed by atoms with Gasteiger partial charge in [0.1, 0.15) is 5.82 Å². The van der Waals surface area contributed by atoms with Crippen LogP contribution < -0.4 is 10.6 Å². The Morgan fingerprint density at radius 3 is 2.60 bits per heavy atom. The predicted octanol–water partition coefficient (Wildman–Crippen LogP) is 1.17. The van der Waals surface area contributed by atoms with Gasteiger partial charge in [-0.2, -0.15) is 4.37 Å². The first-order valence-electron chi connectivity index (χ1n) is 4.72. The van der Waals surface area contributed by atoms with Crippen molar-refractivity contribution in [3.8, 4) is 0 Å². The van der Waals surface area contributed by atoms with E-state index in [4.69, 9.17) is 0 Å². The summed E-state index contributed by atoms with van der Waals surface area (Å²) in [7, 11) is 0. The summed E-state index contributed by atoms with van der Waals surface area (Å²) < 4.78 is 4.01. The van der Waals surface area contributed by atoms with E-state index in [0.29, 0.717) is 5.13 Å². The molecule has 1 aromatic rings. The second kappa shape index (κ2) is 4.57. The highest BCUT2D eigenvalue weighted by atomic mass is 32.1. The Labute approximate surface area is 93.5 Å². The van der Waals surface area contributed by atoms with Crippen molar-refractivity contribution in [2.24, 2.45) is 0 Å². The molecule has 6 heteroatoms. The van der Waals surface area contributed by atoms with E-state index in [-0.39, 0.29) is 18.0 Å². The topological polar surface area (TPSA) is 66.9 Å². The van der Waals surface area contributed by atoms with Crippen LogP contribution in [0.15, 0.2) is 0 Å². The zero-order valence-electron chi connectivity index (χ0n) is 9.42. The Morgan fingerprint density at radius 2 is 2.13 bits per heavy atom. The van der Waals surface area contributed by atoms with Gasteiger partial charge in [0.05, 0.1) is 6.54 Å². The summed E-state index contributed by atoms with van der Waals surface area (Å²) in [5, 5.41) is 6.45. The Morgan fingerprint density at radius 1 is 1.47 bits per heavy atom. The molecule has 5 nitrogen and oxygen atoms in total. The number of anilines is 1. The van der Waals surface area contributed by atoms with Crippen LogP contribution in [-0.2, 0) is 4.79 Å². The number of nitrogens with one attached hydrogen (secondary N) is 2. The molecule has 0 saturated heterocycles. The van der Waals surface area contributed by atoms with E-state index >= 15 is 0 Å². The number of hydrogen-bond acceptors (Lipinski definition) is 5. The van der Waals surface area contributed by atoms with Gasteiger partial charge in [-0.25, -0.2) is 4.98 Å². The molecule has 1 amide bonds. The zero-order chi connectivity index (χ0) is 11.5. The van der Waals surface area contributed by atoms with Crippen LogP contribution in [0.4, 0.5) is 5.13 Å². The van der Waals surface area contributed by atoms with E-state index in [0.717, 1.165) is 5.82 Å². The summed E-state index contributed by atoms with van der Waals surface area (Å²) >= 11 is 1.26. The molecule has 0 aromatic carbocycles. The molecule has 15 heavy (non-hydrogen) atoms. The molecule has 84 valence electrons. The van der Waals surface area contributed by atoms with Gasteiger partial charge in [0, 0.05) is 17.1 Å². The van der Waals surface area contributed by atoms with Crippen LogP contribution in [0.2, 0.25) is 0 Å². The number of hydrogen-bond donors (Lipinski definition) is 2. The zero-order valence-corrected chi connectivity index (χ0v) is 10.2. The predicted molar refractivity (Wildman–Crippen MR) is 61.0 cm³/mol. The van der Waals surface area contributed by atoms with E-state index < -0.39 is 0 Å². The van der Waals surface area contributed by atoms with Gasteiger partial charge >= 0.3 is 0 Å². The maximum Gasteiger partial charge on any atom is 0.239 e. The fourth-order valence-corrected chi connectivity index (χ4v) is 1.56. The maximum absolute atomic E-state index is 11.4. The van der Waals surface area contributed by atoms with Crippen molar-refractivity contribution >= 4 is 22.6 Å². The van der Waals surface area contributed by atoms with Gasteiger partial charge in [-0.05, 0) is 27.7 Å². The van der Waals surface area contributed by atoms with Crippen molar-refractivity contribution in [1.82, 2.24) is 14.7 Å². The van der Waals surface area contributed by atoms with Crippen LogP contribution >= 0.6 is 11.5 Å². The number of nitrogens with zero attached hydrogens (tertiary/aromatic N) is 2. The molecule has 1 rings (SSSR count). The molecular formula is C9H16N4OS. The first-order chi connectivity index (χ1) is 6.87. The Hall–Kier alpha value is -1.17. The average Bonchev–Trinajstić information content (AvgIpc) is 2.45. The summed E-state index contributed by atoms with van der Waals surface area (Å²) in [6.45, 7) is 7.88. The van der Waals surface area contributed by atoms with Crippen molar-refractivity contribution in [2.45, 2.75) is 33.2 Å². The molecule has 0 aliphatic heterocycles. The van der Waals surface area contributed by atoms with Gasteiger partial charge in [0.15, 0.2) is 0 Å². The highest BCUT2D eigenvalue weighted by Crippen LogP contribution is 2.09. The van der Waals surface area contributed by atoms with Gasteiger partial charge in [0.2, 0.25) is 11.0 Å². The molecule has 0 aliphatic carbocycles. The quantitative estimate of drug-likeness (QED) is 0.815. The Bertz CT molecular complexity index is 342. The van der Waals surface area contributed by atoms with E-state index in [1.165, 1.54) is 11.5 Å². The van der Waals surface area contributed by atoms with Crippen LogP contribution in [0, 0.1) is 6.92 Å². The second-order valence-corrected chi connectivity index (χ2v) is 5.05. The van der Waals surface area contributed by atoms with E-state index in [1.807, 2.05) is 27.7 Å². The van der Waals surface area contributed by atoms with Gasteiger partial charge in [-0.3, -0.25) is 4.79 Å². The standard InChI is InChI=1S/C9H16N4OS/c1-6-11-8(15-13-6)10-5-7(14)12-9(2,3)4/h5H2,1-4H3,(H,12,14)(H,10,11,13). The van der Waals surface area contributed by atoms with Gasteiger partial charge in [0.25, 0.3) is 0 Å². The molecule has 0 saturated carbocycles. The normalized spacial score (nSPS) is 11.2. The first kappa shape index (κ1) is 11.9. The molecular weight excluding hydrogens is 212 g/mol. The van der Waals surface area contributed by atoms with Crippen molar-refractivity contribution in [3.05, 3.63) is 5.82 Å². The molecule has 0 radical (unpaired) electrons. The number of amides is 1. The number of aromatic nitrogens is 2. The number of aryl methyl sites for hydroxylation is 1. The minimum absolute atomic E-state index is 0.0460. The molecule has 0 spiro atoms. The van der Waals surface area contributed by atoms with Gasteiger partial charge < -0.3 is 10.6 Å². The summed E-state index contributed by atoms with van der Waals surface area (Å²) in [4.78, 5) is 15.5. The van der Waals surface area contributed by atoms with Gasteiger partial charge in [-0.15, -0.1) is 0 Å². The number of carbonyl (C=O) groups is 1. The molecule has 0 aliphatic rings. The molecule has 0 atom stereocenters. The first-order valence-corrected chi connectivity index (χ1v) is 5.49. The number of rotatable bonds is 3. The summed E-state index contributed by atoms with van der Waals surface area (Å²) in [5.74, 6) is 0.675. The third kappa shape index (κ3) is 4.73. The fourth-order valence-electron chi connectivity index (χ4n) is 0.987.